The summed E-state index contributed by atoms with van der Waals surface area (Å²) in [6, 6.07) is 5.71. The van der Waals surface area contributed by atoms with Gasteiger partial charge in [-0.3, -0.25) is 23.9 Å². The Labute approximate surface area is 178 Å². The van der Waals surface area contributed by atoms with Gasteiger partial charge in [0.1, 0.15) is 22.7 Å². The number of imidazole rings is 1. The van der Waals surface area contributed by atoms with Crippen LogP contribution in [0.1, 0.15) is 39.6 Å². The van der Waals surface area contributed by atoms with E-state index in [1.807, 2.05) is 46.6 Å². The van der Waals surface area contributed by atoms with Crippen LogP contribution in [0.2, 0.25) is 0 Å². The van der Waals surface area contributed by atoms with Crippen LogP contribution in [0.25, 0.3) is 17.0 Å². The Bertz CT molecular complexity index is 1400. The third kappa shape index (κ3) is 2.69. The monoisotopic (exact) mass is 412 g/mol. The van der Waals surface area contributed by atoms with Gasteiger partial charge >= 0.3 is 0 Å². The molecule has 31 heavy (non-hydrogen) atoms. The zero-order valence-corrected chi connectivity index (χ0v) is 17.3. The quantitative estimate of drug-likeness (QED) is 0.441. The lowest BCUT2D eigenvalue weighted by atomic mass is 10.1. The standard InChI is InChI=1S/C22H20N8O/c1-13-14-12-29(27-13)8-5-7-28(2)22(31)20-21(30-9-4-3-6-17(30)26-20)16-11-23-15-10-24-18(14)19(15)25-16/h3-4,6,9,11-12H,5,7-8,10H2,1-2H3. The summed E-state index contributed by atoms with van der Waals surface area (Å²) >= 11 is 0. The number of pyridine rings is 1. The maximum Gasteiger partial charge on any atom is 0.274 e. The predicted octanol–water partition coefficient (Wildman–Crippen LogP) is 2.12. The summed E-state index contributed by atoms with van der Waals surface area (Å²) in [6.45, 7) is 3.78. The molecule has 0 saturated carbocycles. The Morgan fingerprint density at radius 2 is 2.00 bits per heavy atom. The van der Waals surface area contributed by atoms with E-state index in [-0.39, 0.29) is 5.91 Å². The molecule has 4 aromatic rings. The Hall–Kier alpha value is -3.88. The zero-order valence-electron chi connectivity index (χ0n) is 17.3. The van der Waals surface area contributed by atoms with Crippen molar-refractivity contribution in [1.82, 2.24) is 34.0 Å². The number of hydrogen-bond donors (Lipinski definition) is 0. The van der Waals surface area contributed by atoms with Gasteiger partial charge in [-0.15, -0.1) is 0 Å². The SMILES string of the molecule is Cc1nn2cc1C1=NCc3ncc(nc31)-c1c(nc3ccccn13)C(=O)N(C)CCC2. The molecule has 1 amide bonds. The van der Waals surface area contributed by atoms with Crippen LogP contribution in [0.4, 0.5) is 0 Å². The van der Waals surface area contributed by atoms with Crippen molar-refractivity contribution < 1.29 is 4.79 Å². The predicted molar refractivity (Wildman–Crippen MR) is 114 cm³/mol. The third-order valence-electron chi connectivity index (χ3n) is 5.86. The van der Waals surface area contributed by atoms with Crippen LogP contribution in [0.3, 0.4) is 0 Å². The second-order valence-electron chi connectivity index (χ2n) is 7.92. The van der Waals surface area contributed by atoms with E-state index in [0.29, 0.717) is 42.4 Å². The first-order valence-corrected chi connectivity index (χ1v) is 10.3. The highest BCUT2D eigenvalue weighted by molar-refractivity contribution is 6.14. The molecule has 0 spiro atoms. The molecule has 0 N–H and O–H groups in total. The molecule has 0 fully saturated rings. The molecule has 0 aromatic carbocycles. The molecule has 2 aliphatic rings. The minimum absolute atomic E-state index is 0.135. The number of aliphatic imine (C=N–C) groups is 1. The van der Waals surface area contributed by atoms with E-state index in [1.54, 1.807) is 18.1 Å². The van der Waals surface area contributed by atoms with E-state index < -0.39 is 0 Å². The number of carbonyl (C=O) groups is 1. The van der Waals surface area contributed by atoms with E-state index in [1.165, 1.54) is 0 Å². The van der Waals surface area contributed by atoms with Gasteiger partial charge in [0.2, 0.25) is 0 Å². The van der Waals surface area contributed by atoms with Crippen molar-refractivity contribution in [2.75, 3.05) is 13.6 Å². The topological polar surface area (TPSA) is 93.6 Å². The van der Waals surface area contributed by atoms with Crippen LogP contribution in [0.15, 0.2) is 41.8 Å². The van der Waals surface area contributed by atoms with Crippen LogP contribution in [0, 0.1) is 6.92 Å². The largest absolute Gasteiger partial charge is 0.340 e. The molecular weight excluding hydrogens is 392 g/mol. The summed E-state index contributed by atoms with van der Waals surface area (Å²) in [5.41, 5.74) is 6.61. The first-order valence-electron chi connectivity index (χ1n) is 10.3. The normalized spacial score (nSPS) is 15.7. The first-order chi connectivity index (χ1) is 15.1. The smallest absolute Gasteiger partial charge is 0.274 e. The highest BCUT2D eigenvalue weighted by Crippen LogP contribution is 2.28. The highest BCUT2D eigenvalue weighted by atomic mass is 16.2. The number of carbonyl (C=O) groups excluding carboxylic acids is 1. The maximum absolute atomic E-state index is 13.4. The Morgan fingerprint density at radius 3 is 2.90 bits per heavy atom. The molecule has 4 bridgehead atoms. The molecule has 0 saturated heterocycles. The molecule has 9 nitrogen and oxygen atoms in total. The van der Waals surface area contributed by atoms with Crippen molar-refractivity contribution in [3.63, 3.8) is 0 Å². The molecule has 0 aliphatic carbocycles. The molecule has 9 heteroatoms. The molecule has 6 rings (SSSR count). The first kappa shape index (κ1) is 17.9. The van der Waals surface area contributed by atoms with Gasteiger partial charge in [-0.1, -0.05) is 6.07 Å². The number of hydrogen-bond acceptors (Lipinski definition) is 6. The lowest BCUT2D eigenvalue weighted by molar-refractivity contribution is 0.0787. The number of rotatable bonds is 0. The molecule has 2 aliphatic heterocycles. The van der Waals surface area contributed by atoms with Gasteiger partial charge in [-0.05, 0) is 25.5 Å². The molecule has 0 unspecified atom stereocenters. The fourth-order valence-electron chi connectivity index (χ4n) is 4.28. The molecule has 154 valence electrons. The highest BCUT2D eigenvalue weighted by Gasteiger charge is 2.28. The second-order valence-corrected chi connectivity index (χ2v) is 7.92. The van der Waals surface area contributed by atoms with E-state index in [9.17, 15) is 4.79 Å². The molecule has 4 aromatic heterocycles. The number of aromatic nitrogens is 6. The average molecular weight is 412 g/mol. The minimum Gasteiger partial charge on any atom is -0.340 e. The van der Waals surface area contributed by atoms with Gasteiger partial charge in [0, 0.05) is 38.1 Å². The van der Waals surface area contributed by atoms with Gasteiger partial charge < -0.3 is 4.90 Å². The van der Waals surface area contributed by atoms with Crippen molar-refractivity contribution in [2.24, 2.45) is 4.99 Å². The molecular formula is C22H20N8O. The van der Waals surface area contributed by atoms with Gasteiger partial charge in [-0.2, -0.15) is 5.10 Å². The summed E-state index contributed by atoms with van der Waals surface area (Å²) in [6.07, 6.45) is 6.42. The Morgan fingerprint density at radius 1 is 1.10 bits per heavy atom. The van der Waals surface area contributed by atoms with E-state index >= 15 is 0 Å². The third-order valence-corrected chi connectivity index (χ3v) is 5.86. The van der Waals surface area contributed by atoms with Gasteiger partial charge in [-0.25, -0.2) is 9.97 Å². The molecule has 6 heterocycles. The van der Waals surface area contributed by atoms with Gasteiger partial charge in [0.05, 0.1) is 29.8 Å². The summed E-state index contributed by atoms with van der Waals surface area (Å²) < 4.78 is 3.82. The number of aryl methyl sites for hydroxylation is 2. The zero-order chi connectivity index (χ0) is 21.1. The average Bonchev–Trinajstić information content (AvgIpc) is 3.46. The Balaban J connectivity index is 1.63. The van der Waals surface area contributed by atoms with Crippen LogP contribution < -0.4 is 0 Å². The van der Waals surface area contributed by atoms with E-state index in [2.05, 4.69) is 15.1 Å². The van der Waals surface area contributed by atoms with E-state index in [4.69, 9.17) is 9.98 Å². The summed E-state index contributed by atoms with van der Waals surface area (Å²) in [7, 11) is 1.81. The van der Waals surface area contributed by atoms with Crippen LogP contribution in [0.5, 0.6) is 0 Å². The van der Waals surface area contributed by atoms with Crippen LogP contribution >= 0.6 is 0 Å². The maximum atomic E-state index is 13.4. The Kier molecular flexibility index (Phi) is 3.80. The summed E-state index contributed by atoms with van der Waals surface area (Å²) in [5.74, 6) is -0.135. The number of fused-ring (bicyclic) bond motifs is 8. The molecule has 0 atom stereocenters. The lowest BCUT2D eigenvalue weighted by Gasteiger charge is -2.17. The van der Waals surface area contributed by atoms with Gasteiger partial charge in [0.25, 0.3) is 5.91 Å². The van der Waals surface area contributed by atoms with Crippen LogP contribution in [-0.4, -0.2) is 59.2 Å². The number of nitrogens with zero attached hydrogens (tertiary/aromatic N) is 8. The fourth-order valence-corrected chi connectivity index (χ4v) is 4.28. The summed E-state index contributed by atoms with van der Waals surface area (Å²) in [4.78, 5) is 34.0. The fraction of sp³-hybridized carbons (Fsp3) is 0.273. The second kappa shape index (κ2) is 6.56. The van der Waals surface area contributed by atoms with Crippen molar-refractivity contribution in [2.45, 2.75) is 26.4 Å². The van der Waals surface area contributed by atoms with Crippen LogP contribution in [-0.2, 0) is 13.1 Å². The summed E-state index contributed by atoms with van der Waals surface area (Å²) in [5, 5.41) is 4.65. The van der Waals surface area contributed by atoms with Crippen molar-refractivity contribution in [3.05, 3.63) is 65.1 Å². The lowest BCUT2D eigenvalue weighted by Crippen LogP contribution is -2.29. The van der Waals surface area contributed by atoms with Gasteiger partial charge in [0.15, 0.2) is 5.69 Å². The van der Waals surface area contributed by atoms with Crippen molar-refractivity contribution in [1.29, 1.82) is 0 Å². The minimum atomic E-state index is -0.135. The van der Waals surface area contributed by atoms with Crippen molar-refractivity contribution >= 4 is 17.3 Å². The molecule has 0 radical (unpaired) electrons. The number of amides is 1. The van der Waals surface area contributed by atoms with E-state index in [0.717, 1.165) is 34.8 Å². The van der Waals surface area contributed by atoms with Crippen molar-refractivity contribution in [3.8, 4) is 11.4 Å².